The first kappa shape index (κ1) is 15.1. The fourth-order valence-corrected chi connectivity index (χ4v) is 1.96. The zero-order valence-electron chi connectivity index (χ0n) is 10.9. The highest BCUT2D eigenvalue weighted by Gasteiger charge is 2.22. The molecule has 6 heteroatoms. The molecule has 0 fully saturated rings. The predicted octanol–water partition coefficient (Wildman–Crippen LogP) is 3.54. The SMILES string of the molecule is COC(C(=O)O)c1ccc(-c2ccc(F)c(F)c2)cc1F. The molecule has 0 aliphatic heterocycles. The van der Waals surface area contributed by atoms with E-state index in [1.54, 1.807) is 0 Å². The number of methoxy groups -OCH3 is 1. The molecule has 2 aromatic rings. The van der Waals surface area contributed by atoms with Crippen LogP contribution in [-0.2, 0) is 9.53 Å². The number of carboxylic acids is 1. The van der Waals surface area contributed by atoms with E-state index in [2.05, 4.69) is 0 Å². The Hall–Kier alpha value is -2.34. The van der Waals surface area contributed by atoms with E-state index in [1.165, 1.54) is 18.2 Å². The van der Waals surface area contributed by atoms with Crippen LogP contribution in [0.3, 0.4) is 0 Å². The number of rotatable bonds is 4. The zero-order chi connectivity index (χ0) is 15.6. The number of hydrogen-bond donors (Lipinski definition) is 1. The summed E-state index contributed by atoms with van der Waals surface area (Å²) in [6, 6.07) is 6.89. The largest absolute Gasteiger partial charge is 0.479 e. The Labute approximate surface area is 118 Å². The van der Waals surface area contributed by atoms with Crippen LogP contribution in [-0.4, -0.2) is 18.2 Å². The molecule has 1 atom stereocenters. The van der Waals surface area contributed by atoms with Crippen molar-refractivity contribution >= 4 is 5.97 Å². The van der Waals surface area contributed by atoms with Crippen LogP contribution >= 0.6 is 0 Å². The van der Waals surface area contributed by atoms with Gasteiger partial charge in [-0.2, -0.15) is 0 Å². The molecule has 0 aromatic heterocycles. The van der Waals surface area contributed by atoms with Crippen molar-refractivity contribution in [1.82, 2.24) is 0 Å². The van der Waals surface area contributed by atoms with Crippen LogP contribution in [0.4, 0.5) is 13.2 Å². The van der Waals surface area contributed by atoms with E-state index >= 15 is 0 Å². The van der Waals surface area contributed by atoms with E-state index in [4.69, 9.17) is 9.84 Å². The molecule has 3 nitrogen and oxygen atoms in total. The van der Waals surface area contributed by atoms with E-state index < -0.39 is 29.5 Å². The molecule has 0 aliphatic rings. The number of hydrogen-bond acceptors (Lipinski definition) is 2. The van der Waals surface area contributed by atoms with Crippen molar-refractivity contribution in [3.05, 3.63) is 59.4 Å². The third-order valence-corrected chi connectivity index (χ3v) is 3.00. The molecule has 0 spiro atoms. The molecule has 2 rings (SSSR count). The van der Waals surface area contributed by atoms with Gasteiger partial charge < -0.3 is 9.84 Å². The van der Waals surface area contributed by atoms with Gasteiger partial charge in [-0.1, -0.05) is 18.2 Å². The molecule has 1 N–H and O–H groups in total. The van der Waals surface area contributed by atoms with Gasteiger partial charge in [-0.05, 0) is 29.3 Å². The first-order valence-electron chi connectivity index (χ1n) is 5.94. The normalized spacial score (nSPS) is 12.2. The summed E-state index contributed by atoms with van der Waals surface area (Å²) in [6.45, 7) is 0. The van der Waals surface area contributed by atoms with Crippen LogP contribution in [0.5, 0.6) is 0 Å². The van der Waals surface area contributed by atoms with Gasteiger partial charge in [0, 0.05) is 12.7 Å². The van der Waals surface area contributed by atoms with E-state index in [0.29, 0.717) is 5.56 Å². The summed E-state index contributed by atoms with van der Waals surface area (Å²) in [5.74, 6) is -4.16. The van der Waals surface area contributed by atoms with Crippen molar-refractivity contribution in [1.29, 1.82) is 0 Å². The first-order valence-corrected chi connectivity index (χ1v) is 5.94. The maximum Gasteiger partial charge on any atom is 0.337 e. The number of halogens is 3. The number of benzene rings is 2. The minimum atomic E-state index is -1.43. The average molecular weight is 296 g/mol. The fourth-order valence-electron chi connectivity index (χ4n) is 1.96. The van der Waals surface area contributed by atoms with Crippen molar-refractivity contribution in [2.75, 3.05) is 7.11 Å². The van der Waals surface area contributed by atoms with Gasteiger partial charge in [0.1, 0.15) is 5.82 Å². The van der Waals surface area contributed by atoms with Gasteiger partial charge >= 0.3 is 5.97 Å². The van der Waals surface area contributed by atoms with Gasteiger partial charge in [0.2, 0.25) is 0 Å². The number of ether oxygens (including phenoxy) is 1. The van der Waals surface area contributed by atoms with Crippen LogP contribution in [0.1, 0.15) is 11.7 Å². The summed E-state index contributed by atoms with van der Waals surface area (Å²) in [5.41, 5.74) is 0.440. The van der Waals surface area contributed by atoms with Crippen LogP contribution in [0.15, 0.2) is 36.4 Å². The Bertz CT molecular complexity index is 686. The van der Waals surface area contributed by atoms with Gasteiger partial charge in [0.25, 0.3) is 0 Å². The van der Waals surface area contributed by atoms with E-state index in [0.717, 1.165) is 25.3 Å². The van der Waals surface area contributed by atoms with Gasteiger partial charge in [-0.15, -0.1) is 0 Å². The maximum absolute atomic E-state index is 14.0. The highest BCUT2D eigenvalue weighted by Crippen LogP contribution is 2.27. The topological polar surface area (TPSA) is 46.5 Å². The summed E-state index contributed by atoms with van der Waals surface area (Å²) in [4.78, 5) is 10.9. The summed E-state index contributed by atoms with van der Waals surface area (Å²) < 4.78 is 44.7. The highest BCUT2D eigenvalue weighted by atomic mass is 19.2. The van der Waals surface area contributed by atoms with E-state index in [9.17, 15) is 18.0 Å². The molecule has 1 unspecified atom stereocenters. The highest BCUT2D eigenvalue weighted by molar-refractivity contribution is 5.75. The lowest BCUT2D eigenvalue weighted by Crippen LogP contribution is -2.15. The summed E-state index contributed by atoms with van der Waals surface area (Å²) >= 11 is 0. The standard InChI is InChI=1S/C15H11F3O3/c1-21-14(15(19)20)10-4-2-8(6-12(10)17)9-3-5-11(16)13(18)7-9/h2-7,14H,1H3,(H,19,20). The maximum atomic E-state index is 14.0. The Kier molecular flexibility index (Phi) is 4.28. The quantitative estimate of drug-likeness (QED) is 0.938. The lowest BCUT2D eigenvalue weighted by Gasteiger charge is -2.13. The van der Waals surface area contributed by atoms with Crippen LogP contribution in [0, 0.1) is 17.5 Å². The molecule has 0 saturated carbocycles. The second-order valence-electron chi connectivity index (χ2n) is 4.32. The van der Waals surface area contributed by atoms with E-state index in [1.807, 2.05) is 0 Å². The minimum absolute atomic E-state index is 0.142. The van der Waals surface area contributed by atoms with Crippen LogP contribution in [0.2, 0.25) is 0 Å². The van der Waals surface area contributed by atoms with Crippen molar-refractivity contribution in [2.24, 2.45) is 0 Å². The smallest absolute Gasteiger partial charge is 0.337 e. The third kappa shape index (κ3) is 3.05. The molecule has 110 valence electrons. The zero-order valence-corrected chi connectivity index (χ0v) is 10.9. The van der Waals surface area contributed by atoms with Gasteiger partial charge in [-0.25, -0.2) is 18.0 Å². The molecule has 0 saturated heterocycles. The Balaban J connectivity index is 2.43. The second kappa shape index (κ2) is 5.97. The van der Waals surface area contributed by atoms with Gasteiger partial charge in [-0.3, -0.25) is 0 Å². The molecule has 0 radical (unpaired) electrons. The molecule has 0 aliphatic carbocycles. The average Bonchev–Trinajstić information content (AvgIpc) is 2.44. The molecule has 0 bridgehead atoms. The Morgan fingerprint density at radius 1 is 1.00 bits per heavy atom. The summed E-state index contributed by atoms with van der Waals surface area (Å²) in [5, 5.41) is 8.92. The van der Waals surface area contributed by atoms with Crippen molar-refractivity contribution in [3.8, 4) is 11.1 Å². The fraction of sp³-hybridized carbons (Fsp3) is 0.133. The van der Waals surface area contributed by atoms with Gasteiger partial charge in [0.15, 0.2) is 17.7 Å². The lowest BCUT2D eigenvalue weighted by molar-refractivity contribution is -0.149. The molecule has 0 amide bonds. The van der Waals surface area contributed by atoms with Crippen molar-refractivity contribution < 1.29 is 27.8 Å². The van der Waals surface area contributed by atoms with Gasteiger partial charge in [0.05, 0.1) is 0 Å². The van der Waals surface area contributed by atoms with Crippen LogP contribution < -0.4 is 0 Å². The number of carboxylic acid groups (broad SMARTS) is 1. The predicted molar refractivity (Wildman–Crippen MR) is 69.1 cm³/mol. The minimum Gasteiger partial charge on any atom is -0.479 e. The lowest BCUT2D eigenvalue weighted by atomic mass is 10.0. The third-order valence-electron chi connectivity index (χ3n) is 3.00. The summed E-state index contributed by atoms with van der Waals surface area (Å²) in [7, 11) is 1.15. The van der Waals surface area contributed by atoms with Crippen LogP contribution in [0.25, 0.3) is 11.1 Å². The monoisotopic (exact) mass is 296 g/mol. The molecule has 21 heavy (non-hydrogen) atoms. The molecular weight excluding hydrogens is 285 g/mol. The number of carbonyl (C=O) groups is 1. The first-order chi connectivity index (χ1) is 9.93. The van der Waals surface area contributed by atoms with Crippen molar-refractivity contribution in [2.45, 2.75) is 6.10 Å². The molecular formula is C15H11F3O3. The van der Waals surface area contributed by atoms with E-state index in [-0.39, 0.29) is 11.1 Å². The Morgan fingerprint density at radius 3 is 2.05 bits per heavy atom. The number of aliphatic carboxylic acids is 1. The molecule has 0 heterocycles. The van der Waals surface area contributed by atoms with Crippen molar-refractivity contribution in [3.63, 3.8) is 0 Å². The Morgan fingerprint density at radius 2 is 1.57 bits per heavy atom. The molecule has 2 aromatic carbocycles. The summed E-state index contributed by atoms with van der Waals surface area (Å²) in [6.07, 6.45) is -1.43. The second-order valence-corrected chi connectivity index (χ2v) is 4.32.